The zero-order valence-corrected chi connectivity index (χ0v) is 14.0. The van der Waals surface area contributed by atoms with Crippen molar-refractivity contribution >= 4 is 16.7 Å². The lowest BCUT2D eigenvalue weighted by Gasteiger charge is -2.21. The summed E-state index contributed by atoms with van der Waals surface area (Å²) in [4.78, 5) is 6.84. The van der Waals surface area contributed by atoms with Crippen molar-refractivity contribution in [1.82, 2.24) is 14.3 Å². The first-order valence-corrected chi connectivity index (χ1v) is 8.14. The van der Waals surface area contributed by atoms with Crippen LogP contribution in [-0.4, -0.2) is 33.9 Å². The predicted molar refractivity (Wildman–Crippen MR) is 89.9 cm³/mol. The number of hydrogen-bond acceptors (Lipinski definition) is 5. The minimum absolute atomic E-state index is 0.340. The minimum Gasteiger partial charge on any atom is -0.357 e. The van der Waals surface area contributed by atoms with E-state index >= 15 is 0 Å². The lowest BCUT2D eigenvalue weighted by Crippen LogP contribution is -2.31. The largest absolute Gasteiger partial charge is 0.357 e. The molecule has 0 fully saturated rings. The van der Waals surface area contributed by atoms with E-state index in [2.05, 4.69) is 77.7 Å². The summed E-state index contributed by atoms with van der Waals surface area (Å²) in [6.45, 7) is 8.33. The molecule has 0 spiro atoms. The third kappa shape index (κ3) is 5.10. The molecule has 0 radical (unpaired) electrons. The quantitative estimate of drug-likeness (QED) is 0.848. The third-order valence-corrected chi connectivity index (χ3v) is 3.87. The molecular weight excluding hydrogens is 280 g/mol. The smallest absolute Gasteiger partial charge is 0.202 e. The average molecular weight is 304 g/mol. The van der Waals surface area contributed by atoms with Crippen LogP contribution in [0.2, 0.25) is 0 Å². The van der Waals surface area contributed by atoms with E-state index in [0.29, 0.717) is 12.0 Å². The summed E-state index contributed by atoms with van der Waals surface area (Å²) < 4.78 is 4.37. The van der Waals surface area contributed by atoms with Crippen molar-refractivity contribution in [3.05, 3.63) is 41.7 Å². The van der Waals surface area contributed by atoms with E-state index in [9.17, 15) is 0 Å². The molecule has 21 heavy (non-hydrogen) atoms. The molecule has 0 saturated heterocycles. The van der Waals surface area contributed by atoms with Crippen LogP contribution in [0.25, 0.3) is 0 Å². The van der Waals surface area contributed by atoms with E-state index in [4.69, 9.17) is 0 Å². The number of nitrogens with one attached hydrogen (secondary N) is 1. The van der Waals surface area contributed by atoms with Crippen LogP contribution in [-0.2, 0) is 6.54 Å². The van der Waals surface area contributed by atoms with Crippen molar-refractivity contribution in [2.45, 2.75) is 39.3 Å². The molecule has 0 aliphatic rings. The van der Waals surface area contributed by atoms with Crippen LogP contribution in [0.15, 0.2) is 30.3 Å². The summed E-state index contributed by atoms with van der Waals surface area (Å²) in [5.41, 5.74) is 1.34. The number of nitrogens with zero attached hydrogens (tertiary/aromatic N) is 3. The molecule has 0 bridgehead atoms. The predicted octanol–water partition coefficient (Wildman–Crippen LogP) is 3.59. The molecule has 1 atom stereocenters. The topological polar surface area (TPSA) is 41.0 Å². The molecule has 4 nitrogen and oxygen atoms in total. The van der Waals surface area contributed by atoms with Gasteiger partial charge in [-0.25, -0.2) is 4.98 Å². The lowest BCUT2D eigenvalue weighted by molar-refractivity contribution is 0.316. The second kappa shape index (κ2) is 7.52. The second-order valence-electron chi connectivity index (χ2n) is 5.84. The van der Waals surface area contributed by atoms with Gasteiger partial charge < -0.3 is 10.2 Å². The van der Waals surface area contributed by atoms with Crippen molar-refractivity contribution in [1.29, 1.82) is 0 Å². The summed E-state index contributed by atoms with van der Waals surface area (Å²) in [7, 11) is 2.14. The molecule has 0 aliphatic carbocycles. The van der Waals surface area contributed by atoms with Crippen molar-refractivity contribution in [2.75, 3.05) is 18.9 Å². The molecule has 1 aromatic carbocycles. The van der Waals surface area contributed by atoms with Crippen LogP contribution in [0.1, 0.15) is 38.1 Å². The molecular formula is C16H24N4S. The van der Waals surface area contributed by atoms with Crippen molar-refractivity contribution < 1.29 is 0 Å². The van der Waals surface area contributed by atoms with Crippen LogP contribution in [0.5, 0.6) is 0 Å². The van der Waals surface area contributed by atoms with Crippen LogP contribution in [0.3, 0.4) is 0 Å². The first-order chi connectivity index (χ1) is 10.0. The van der Waals surface area contributed by atoms with E-state index in [0.717, 1.165) is 24.0 Å². The molecule has 0 saturated carbocycles. The Morgan fingerprint density at radius 3 is 2.52 bits per heavy atom. The maximum atomic E-state index is 4.52. The maximum Gasteiger partial charge on any atom is 0.202 e. The van der Waals surface area contributed by atoms with Crippen molar-refractivity contribution in [2.24, 2.45) is 0 Å². The molecule has 5 heteroatoms. The fourth-order valence-electron chi connectivity index (χ4n) is 2.21. The summed E-state index contributed by atoms with van der Waals surface area (Å²) in [5, 5.41) is 4.35. The van der Waals surface area contributed by atoms with E-state index in [-0.39, 0.29) is 0 Å². The second-order valence-corrected chi connectivity index (χ2v) is 6.59. The highest BCUT2D eigenvalue weighted by Crippen LogP contribution is 2.18. The van der Waals surface area contributed by atoms with Gasteiger partial charge in [-0.1, -0.05) is 44.2 Å². The summed E-state index contributed by atoms with van der Waals surface area (Å²) >= 11 is 1.45. The zero-order chi connectivity index (χ0) is 15.2. The summed E-state index contributed by atoms with van der Waals surface area (Å²) in [5.74, 6) is 1.31. The number of likely N-dealkylation sites (N-methyl/N-ethyl adjacent to an activating group) is 1. The Labute approximate surface area is 131 Å². The van der Waals surface area contributed by atoms with Crippen molar-refractivity contribution in [3.8, 4) is 0 Å². The van der Waals surface area contributed by atoms with Gasteiger partial charge in [-0.2, -0.15) is 4.37 Å². The molecule has 0 amide bonds. The molecule has 1 N–H and O–H groups in total. The van der Waals surface area contributed by atoms with Gasteiger partial charge >= 0.3 is 0 Å². The highest BCUT2D eigenvalue weighted by molar-refractivity contribution is 7.09. The van der Waals surface area contributed by atoms with Gasteiger partial charge in [0, 0.05) is 36.6 Å². The highest BCUT2D eigenvalue weighted by atomic mass is 32.1. The van der Waals surface area contributed by atoms with Crippen molar-refractivity contribution in [3.63, 3.8) is 0 Å². The molecule has 2 rings (SSSR count). The fourth-order valence-corrected chi connectivity index (χ4v) is 3.03. The lowest BCUT2D eigenvalue weighted by atomic mass is 10.2. The van der Waals surface area contributed by atoms with Gasteiger partial charge in [-0.3, -0.25) is 0 Å². The first kappa shape index (κ1) is 15.9. The number of benzene rings is 1. The first-order valence-electron chi connectivity index (χ1n) is 7.37. The van der Waals surface area contributed by atoms with Gasteiger partial charge in [0.05, 0.1) is 0 Å². The Morgan fingerprint density at radius 2 is 1.90 bits per heavy atom. The van der Waals surface area contributed by atoms with Gasteiger partial charge in [-0.05, 0) is 19.5 Å². The summed E-state index contributed by atoms with van der Waals surface area (Å²) in [6, 6.07) is 10.9. The van der Waals surface area contributed by atoms with Gasteiger partial charge in [-0.15, -0.1) is 0 Å². The molecule has 2 aromatic rings. The Bertz CT molecular complexity index is 538. The van der Waals surface area contributed by atoms with E-state index < -0.39 is 0 Å². The average Bonchev–Trinajstić information content (AvgIpc) is 2.88. The number of aromatic nitrogens is 2. The van der Waals surface area contributed by atoms with Crippen LogP contribution < -0.4 is 5.32 Å². The zero-order valence-electron chi connectivity index (χ0n) is 13.2. The molecule has 0 aliphatic heterocycles. The number of hydrogen-bond donors (Lipinski definition) is 1. The standard InChI is InChI=1S/C16H24N4S/c1-12(2)15-18-16(21-19-15)17-13(3)10-20(4)11-14-8-6-5-7-9-14/h5-9,12-13H,10-11H2,1-4H3,(H,17,18,19). The minimum atomic E-state index is 0.340. The van der Waals surface area contributed by atoms with Crippen LogP contribution in [0, 0.1) is 0 Å². The fraction of sp³-hybridized carbons (Fsp3) is 0.500. The molecule has 114 valence electrons. The van der Waals surface area contributed by atoms with Gasteiger partial charge in [0.25, 0.3) is 0 Å². The monoisotopic (exact) mass is 304 g/mol. The van der Waals surface area contributed by atoms with E-state index in [1.54, 1.807) is 0 Å². The molecule has 1 unspecified atom stereocenters. The normalized spacial score (nSPS) is 12.9. The van der Waals surface area contributed by atoms with E-state index in [1.165, 1.54) is 17.1 Å². The number of anilines is 1. The van der Waals surface area contributed by atoms with Gasteiger partial charge in [0.1, 0.15) is 5.82 Å². The third-order valence-electron chi connectivity index (χ3n) is 3.21. The SMILES string of the molecule is CC(CN(C)Cc1ccccc1)Nc1nc(C(C)C)ns1. The van der Waals surface area contributed by atoms with Gasteiger partial charge in [0.2, 0.25) is 5.13 Å². The van der Waals surface area contributed by atoms with E-state index in [1.807, 2.05) is 0 Å². The molecule has 1 heterocycles. The van der Waals surface area contributed by atoms with Gasteiger partial charge in [0.15, 0.2) is 0 Å². The summed E-state index contributed by atoms with van der Waals surface area (Å²) in [6.07, 6.45) is 0. The highest BCUT2D eigenvalue weighted by Gasteiger charge is 2.11. The molecule has 1 aromatic heterocycles. The van der Waals surface area contributed by atoms with Crippen LogP contribution >= 0.6 is 11.5 Å². The van der Waals surface area contributed by atoms with Crippen LogP contribution in [0.4, 0.5) is 5.13 Å². The Hall–Kier alpha value is -1.46. The Kier molecular flexibility index (Phi) is 5.70. The maximum absolute atomic E-state index is 4.52. The Balaban J connectivity index is 1.81. The Morgan fingerprint density at radius 1 is 1.19 bits per heavy atom. The number of rotatable bonds is 7.